The third-order valence-electron chi connectivity index (χ3n) is 1.89. The lowest BCUT2D eigenvalue weighted by molar-refractivity contribution is 0.0946. The Bertz CT molecular complexity index is 392. The Morgan fingerprint density at radius 2 is 2.33 bits per heavy atom. The summed E-state index contributed by atoms with van der Waals surface area (Å²) >= 11 is 3.13. The fourth-order valence-electron chi connectivity index (χ4n) is 1.02. The number of rotatable bonds is 3. The van der Waals surface area contributed by atoms with Crippen LogP contribution in [0.15, 0.2) is 35.3 Å². The lowest BCUT2D eigenvalue weighted by Crippen LogP contribution is -2.31. The molecule has 0 fully saturated rings. The Morgan fingerprint density at radius 3 is 2.87 bits per heavy atom. The largest absolute Gasteiger partial charge is 0.346 e. The molecule has 80 valence electrons. The molecule has 0 aliphatic heterocycles. The van der Waals surface area contributed by atoms with E-state index in [9.17, 15) is 9.18 Å². The first-order chi connectivity index (χ1) is 7.04. The minimum atomic E-state index is -0.379. The monoisotopic (exact) mass is 271 g/mol. The number of amides is 1. The quantitative estimate of drug-likeness (QED) is 0.842. The molecule has 0 aliphatic carbocycles. The average Bonchev–Trinajstić information content (AvgIpc) is 2.17. The highest BCUT2D eigenvalue weighted by Crippen LogP contribution is 2.17. The second-order valence-electron chi connectivity index (χ2n) is 3.12. The number of nitrogens with one attached hydrogen (secondary N) is 1. The van der Waals surface area contributed by atoms with Gasteiger partial charge in [0.25, 0.3) is 5.91 Å². The molecule has 1 unspecified atom stereocenters. The summed E-state index contributed by atoms with van der Waals surface area (Å²) in [5.41, 5.74) is 0.408. The molecule has 1 aromatic rings. The maximum atomic E-state index is 12.8. The summed E-state index contributed by atoms with van der Waals surface area (Å²) in [5, 5.41) is 2.70. The van der Waals surface area contributed by atoms with Crippen molar-refractivity contribution in [1.29, 1.82) is 0 Å². The standard InChI is InChI=1S/C11H11BrFNO/c1-3-7(2)14-11(15)9-5-4-8(13)6-10(9)12/h3-7H,1H2,2H3,(H,14,15). The van der Waals surface area contributed by atoms with Gasteiger partial charge in [0, 0.05) is 10.5 Å². The maximum absolute atomic E-state index is 12.8. The minimum absolute atomic E-state index is 0.116. The van der Waals surface area contributed by atoms with Crippen LogP contribution in [0.5, 0.6) is 0 Å². The first-order valence-corrected chi connectivity index (χ1v) is 5.22. The third kappa shape index (κ3) is 3.16. The summed E-state index contributed by atoms with van der Waals surface area (Å²) < 4.78 is 13.2. The molecule has 1 amide bonds. The second kappa shape index (κ2) is 5.07. The number of benzene rings is 1. The van der Waals surface area contributed by atoms with Crippen LogP contribution in [0.2, 0.25) is 0 Å². The zero-order valence-electron chi connectivity index (χ0n) is 8.26. The van der Waals surface area contributed by atoms with Crippen LogP contribution < -0.4 is 5.32 Å². The van der Waals surface area contributed by atoms with Gasteiger partial charge in [0.1, 0.15) is 5.82 Å². The summed E-state index contributed by atoms with van der Waals surface area (Å²) in [4.78, 5) is 11.6. The molecule has 0 aromatic heterocycles. The lowest BCUT2D eigenvalue weighted by atomic mass is 10.2. The number of hydrogen-bond acceptors (Lipinski definition) is 1. The lowest BCUT2D eigenvalue weighted by Gasteiger charge is -2.10. The fraction of sp³-hybridized carbons (Fsp3) is 0.182. The summed E-state index contributed by atoms with van der Waals surface area (Å²) in [6.07, 6.45) is 1.62. The zero-order valence-corrected chi connectivity index (χ0v) is 9.84. The zero-order chi connectivity index (χ0) is 11.4. The summed E-state index contributed by atoms with van der Waals surface area (Å²) in [5.74, 6) is -0.635. The highest BCUT2D eigenvalue weighted by atomic mass is 79.9. The predicted molar refractivity (Wildman–Crippen MR) is 61.2 cm³/mol. The number of carbonyl (C=O) groups is 1. The molecule has 1 atom stereocenters. The van der Waals surface area contributed by atoms with Crippen molar-refractivity contribution in [1.82, 2.24) is 5.32 Å². The van der Waals surface area contributed by atoms with E-state index in [-0.39, 0.29) is 17.8 Å². The van der Waals surface area contributed by atoms with Crippen molar-refractivity contribution in [3.05, 3.63) is 46.7 Å². The molecule has 1 N–H and O–H groups in total. The molecule has 0 bridgehead atoms. The molecular weight excluding hydrogens is 261 g/mol. The van der Waals surface area contributed by atoms with Gasteiger partial charge in [0.2, 0.25) is 0 Å². The predicted octanol–water partition coefficient (Wildman–Crippen LogP) is 2.89. The van der Waals surface area contributed by atoms with Crippen LogP contribution in [-0.4, -0.2) is 11.9 Å². The molecule has 1 rings (SSSR count). The Hall–Kier alpha value is -1.16. The Kier molecular flexibility index (Phi) is 4.03. The normalized spacial score (nSPS) is 11.9. The highest BCUT2D eigenvalue weighted by Gasteiger charge is 2.11. The van der Waals surface area contributed by atoms with Gasteiger partial charge in [0.05, 0.1) is 5.56 Å². The van der Waals surface area contributed by atoms with Crippen LogP contribution in [0.4, 0.5) is 4.39 Å². The first-order valence-electron chi connectivity index (χ1n) is 4.43. The molecule has 1 aromatic carbocycles. The van der Waals surface area contributed by atoms with Crippen LogP contribution in [0, 0.1) is 5.82 Å². The molecule has 0 saturated carbocycles. The van der Waals surface area contributed by atoms with Crippen LogP contribution >= 0.6 is 15.9 Å². The smallest absolute Gasteiger partial charge is 0.252 e. The van der Waals surface area contributed by atoms with Crippen molar-refractivity contribution in [3.8, 4) is 0 Å². The van der Waals surface area contributed by atoms with Crippen molar-refractivity contribution in [2.45, 2.75) is 13.0 Å². The van der Waals surface area contributed by atoms with E-state index in [0.717, 1.165) is 0 Å². The second-order valence-corrected chi connectivity index (χ2v) is 3.98. The van der Waals surface area contributed by atoms with Crippen molar-refractivity contribution in [2.24, 2.45) is 0 Å². The van der Waals surface area contributed by atoms with E-state index >= 15 is 0 Å². The fourth-order valence-corrected chi connectivity index (χ4v) is 1.55. The van der Waals surface area contributed by atoms with Gasteiger partial charge in [-0.2, -0.15) is 0 Å². The van der Waals surface area contributed by atoms with Crippen molar-refractivity contribution >= 4 is 21.8 Å². The summed E-state index contributed by atoms with van der Waals surface area (Å²) in [7, 11) is 0. The number of hydrogen-bond donors (Lipinski definition) is 1. The van der Waals surface area contributed by atoms with Gasteiger partial charge >= 0.3 is 0 Å². The van der Waals surface area contributed by atoms with Gasteiger partial charge in [-0.05, 0) is 41.1 Å². The Morgan fingerprint density at radius 1 is 1.67 bits per heavy atom. The van der Waals surface area contributed by atoms with Gasteiger partial charge in [-0.1, -0.05) is 6.08 Å². The van der Waals surface area contributed by atoms with Crippen LogP contribution in [-0.2, 0) is 0 Å². The van der Waals surface area contributed by atoms with E-state index in [1.807, 2.05) is 6.92 Å². The molecule has 0 radical (unpaired) electrons. The minimum Gasteiger partial charge on any atom is -0.346 e. The summed E-state index contributed by atoms with van der Waals surface area (Å²) in [6.45, 7) is 5.37. The van der Waals surface area contributed by atoms with E-state index in [1.165, 1.54) is 18.2 Å². The SMILES string of the molecule is C=CC(C)NC(=O)c1ccc(F)cc1Br. The Labute approximate surface area is 96.3 Å². The van der Waals surface area contributed by atoms with Gasteiger partial charge in [-0.25, -0.2) is 4.39 Å². The first kappa shape index (κ1) is 11.9. The van der Waals surface area contributed by atoms with Crippen LogP contribution in [0.25, 0.3) is 0 Å². The molecule has 4 heteroatoms. The molecule has 0 aliphatic rings. The van der Waals surface area contributed by atoms with E-state index in [1.54, 1.807) is 6.08 Å². The van der Waals surface area contributed by atoms with E-state index < -0.39 is 0 Å². The molecule has 0 heterocycles. The number of halogens is 2. The average molecular weight is 272 g/mol. The van der Waals surface area contributed by atoms with E-state index in [0.29, 0.717) is 10.0 Å². The van der Waals surface area contributed by atoms with Crippen LogP contribution in [0.3, 0.4) is 0 Å². The number of carbonyl (C=O) groups excluding carboxylic acids is 1. The molecule has 0 saturated heterocycles. The van der Waals surface area contributed by atoms with Crippen LogP contribution in [0.1, 0.15) is 17.3 Å². The van der Waals surface area contributed by atoms with E-state index in [4.69, 9.17) is 0 Å². The van der Waals surface area contributed by atoms with Gasteiger partial charge in [0.15, 0.2) is 0 Å². The van der Waals surface area contributed by atoms with Gasteiger partial charge in [-0.3, -0.25) is 4.79 Å². The third-order valence-corrected chi connectivity index (χ3v) is 2.54. The van der Waals surface area contributed by atoms with Crippen molar-refractivity contribution in [2.75, 3.05) is 0 Å². The van der Waals surface area contributed by atoms with Gasteiger partial charge < -0.3 is 5.32 Å². The van der Waals surface area contributed by atoms with Gasteiger partial charge in [-0.15, -0.1) is 6.58 Å². The summed E-state index contributed by atoms with van der Waals surface area (Å²) in [6, 6.07) is 3.82. The topological polar surface area (TPSA) is 29.1 Å². The van der Waals surface area contributed by atoms with Crippen molar-refractivity contribution < 1.29 is 9.18 Å². The highest BCUT2D eigenvalue weighted by molar-refractivity contribution is 9.10. The molecular formula is C11H11BrFNO. The maximum Gasteiger partial charge on any atom is 0.252 e. The molecule has 15 heavy (non-hydrogen) atoms. The molecule has 0 spiro atoms. The van der Waals surface area contributed by atoms with E-state index in [2.05, 4.69) is 27.8 Å². The molecule has 2 nitrogen and oxygen atoms in total. The van der Waals surface area contributed by atoms with Crippen molar-refractivity contribution in [3.63, 3.8) is 0 Å². The Balaban J connectivity index is 2.87.